The molecule has 0 spiro atoms. The van der Waals surface area contributed by atoms with Gasteiger partial charge < -0.3 is 38.9 Å². The lowest BCUT2D eigenvalue weighted by atomic mass is 9.95. The number of hydrogen-bond acceptors (Lipinski definition) is 11. The molecule has 4 aromatic carbocycles. The summed E-state index contributed by atoms with van der Waals surface area (Å²) in [6.45, 7) is 0.0405. The third-order valence-corrected chi connectivity index (χ3v) is 7.69. The van der Waals surface area contributed by atoms with E-state index in [1.165, 1.54) is 47.2 Å². The predicted molar refractivity (Wildman–Crippen MR) is 186 cm³/mol. The van der Waals surface area contributed by atoms with E-state index in [-0.39, 0.29) is 41.6 Å². The van der Waals surface area contributed by atoms with E-state index in [9.17, 15) is 14.4 Å². The summed E-state index contributed by atoms with van der Waals surface area (Å²) in [5.41, 5.74) is 8.01. The molecule has 12 nitrogen and oxygen atoms in total. The number of carbonyl (C=O) groups is 2. The number of esters is 2. The van der Waals surface area contributed by atoms with Crippen molar-refractivity contribution in [3.05, 3.63) is 100.0 Å². The Morgan fingerprint density at radius 2 is 1.31 bits per heavy atom. The van der Waals surface area contributed by atoms with Crippen LogP contribution in [-0.2, 0) is 16.1 Å². The molecule has 0 aliphatic heterocycles. The van der Waals surface area contributed by atoms with Gasteiger partial charge in [-0.2, -0.15) is 0 Å². The summed E-state index contributed by atoms with van der Waals surface area (Å²) in [6.07, 6.45) is 0. The van der Waals surface area contributed by atoms with Crippen molar-refractivity contribution in [2.24, 2.45) is 0 Å². The van der Waals surface area contributed by atoms with Crippen molar-refractivity contribution >= 4 is 40.8 Å². The minimum Gasteiger partial charge on any atom is -0.493 e. The molecule has 0 fully saturated rings. The number of aromatic nitrogens is 1. The molecule has 13 heteroatoms. The van der Waals surface area contributed by atoms with Gasteiger partial charge in [-0.1, -0.05) is 12.1 Å². The monoisotopic (exact) mass is 690 g/mol. The number of nitrogen functional groups attached to an aromatic ring is 1. The van der Waals surface area contributed by atoms with Gasteiger partial charge in [0.1, 0.15) is 12.3 Å². The summed E-state index contributed by atoms with van der Waals surface area (Å²) in [5.74, 6) is 0.244. The Bertz CT molecular complexity index is 2050. The number of ether oxygens (including phenoxy) is 7. The van der Waals surface area contributed by atoms with Gasteiger partial charge in [0.15, 0.2) is 23.0 Å². The van der Waals surface area contributed by atoms with Crippen molar-refractivity contribution in [2.75, 3.05) is 48.4 Å². The van der Waals surface area contributed by atoms with Crippen LogP contribution in [0.4, 0.5) is 5.69 Å². The molecule has 49 heavy (non-hydrogen) atoms. The quantitative estimate of drug-likeness (QED) is 0.132. The average Bonchev–Trinajstić information content (AvgIpc) is 3.12. The molecule has 0 bridgehead atoms. The number of anilines is 1. The first-order valence-electron chi connectivity index (χ1n) is 14.5. The van der Waals surface area contributed by atoms with Gasteiger partial charge in [0, 0.05) is 22.3 Å². The first-order chi connectivity index (χ1) is 23.2. The minimum absolute atomic E-state index is 0. The number of carbonyl (C=O) groups excluding carboxylic acids is 2. The number of halogens is 1. The lowest BCUT2D eigenvalue weighted by Gasteiger charge is -2.21. The van der Waals surface area contributed by atoms with Gasteiger partial charge in [-0.15, -0.1) is 12.4 Å². The normalized spacial score (nSPS) is 10.5. The molecule has 0 atom stereocenters. The Labute approximate surface area is 288 Å². The second-order valence-corrected chi connectivity index (χ2v) is 10.4. The van der Waals surface area contributed by atoms with Gasteiger partial charge in [-0.3, -0.25) is 9.36 Å². The van der Waals surface area contributed by atoms with Crippen LogP contribution in [0.2, 0.25) is 0 Å². The summed E-state index contributed by atoms with van der Waals surface area (Å²) in [7, 11) is 8.43. The van der Waals surface area contributed by atoms with Crippen LogP contribution in [0.25, 0.3) is 27.6 Å². The molecule has 0 saturated carbocycles. The number of hydrogen-bond donors (Lipinski definition) is 1. The minimum atomic E-state index is -0.778. The van der Waals surface area contributed by atoms with Crippen LogP contribution in [0, 0.1) is 0 Å². The number of benzene rings is 4. The highest BCUT2D eigenvalue weighted by Gasteiger charge is 2.28. The molecule has 1 heterocycles. The Balaban J connectivity index is 0.00000541. The van der Waals surface area contributed by atoms with E-state index < -0.39 is 17.5 Å². The topological polar surface area (TPSA) is 147 Å². The molecular weight excluding hydrogens is 656 g/mol. The van der Waals surface area contributed by atoms with E-state index in [1.807, 2.05) is 0 Å². The highest BCUT2D eigenvalue weighted by molar-refractivity contribution is 6.08. The zero-order valence-electron chi connectivity index (χ0n) is 27.7. The van der Waals surface area contributed by atoms with E-state index in [2.05, 4.69) is 0 Å². The zero-order valence-corrected chi connectivity index (χ0v) is 28.5. The maximum atomic E-state index is 14.5. The van der Waals surface area contributed by atoms with Gasteiger partial charge in [0.05, 0.1) is 53.6 Å². The van der Waals surface area contributed by atoms with Crippen LogP contribution in [0.3, 0.4) is 0 Å². The summed E-state index contributed by atoms with van der Waals surface area (Å²) in [5, 5.41) is 0.556. The Hall–Kier alpha value is -5.88. The highest BCUT2D eigenvalue weighted by Crippen LogP contribution is 2.45. The molecule has 5 aromatic rings. The summed E-state index contributed by atoms with van der Waals surface area (Å²) in [4.78, 5) is 40.2. The first kappa shape index (κ1) is 36.0. The van der Waals surface area contributed by atoms with Gasteiger partial charge in [-0.25, -0.2) is 9.59 Å². The fraction of sp³-hybridized carbons (Fsp3) is 0.194. The summed E-state index contributed by atoms with van der Waals surface area (Å²) >= 11 is 0. The van der Waals surface area contributed by atoms with Crippen molar-refractivity contribution in [2.45, 2.75) is 6.61 Å². The van der Waals surface area contributed by atoms with Crippen LogP contribution >= 0.6 is 12.4 Å². The van der Waals surface area contributed by atoms with E-state index >= 15 is 0 Å². The number of fused-ring (bicyclic) bond motifs is 1. The second-order valence-electron chi connectivity index (χ2n) is 10.4. The fourth-order valence-corrected chi connectivity index (χ4v) is 5.42. The number of nitrogens with two attached hydrogens (primary N) is 1. The zero-order chi connectivity index (χ0) is 34.5. The summed E-state index contributed by atoms with van der Waals surface area (Å²) in [6, 6.07) is 19.8. The van der Waals surface area contributed by atoms with Gasteiger partial charge in [0.25, 0.3) is 5.56 Å². The smallest absolute Gasteiger partial charge is 0.355 e. The van der Waals surface area contributed by atoms with Crippen molar-refractivity contribution in [3.63, 3.8) is 0 Å². The Morgan fingerprint density at radius 1 is 0.694 bits per heavy atom. The molecule has 256 valence electrons. The van der Waals surface area contributed by atoms with E-state index in [1.54, 1.807) is 72.8 Å². The average molecular weight is 691 g/mol. The van der Waals surface area contributed by atoms with Crippen molar-refractivity contribution in [1.29, 1.82) is 0 Å². The van der Waals surface area contributed by atoms with Crippen LogP contribution in [0.1, 0.15) is 26.4 Å². The van der Waals surface area contributed by atoms with Gasteiger partial charge in [-0.05, 0) is 71.8 Å². The van der Waals surface area contributed by atoms with Crippen LogP contribution in [0.15, 0.2) is 77.6 Å². The molecule has 0 unspecified atom stereocenters. The molecule has 0 radical (unpaired) electrons. The molecular formula is C36H35ClN2O10. The molecule has 1 aromatic heterocycles. The third-order valence-electron chi connectivity index (χ3n) is 7.69. The van der Waals surface area contributed by atoms with Crippen molar-refractivity contribution < 1.29 is 42.7 Å². The van der Waals surface area contributed by atoms with Crippen LogP contribution < -0.4 is 35.0 Å². The predicted octanol–water partition coefficient (Wildman–Crippen LogP) is 5.85. The maximum absolute atomic E-state index is 14.5. The molecule has 0 aliphatic rings. The Kier molecular flexibility index (Phi) is 11.3. The fourth-order valence-electron chi connectivity index (χ4n) is 5.42. The largest absolute Gasteiger partial charge is 0.493 e. The standard InChI is InChI=1S/C36H34N2O10.ClH/c1-42-27-17-25-26(18-28(27)48-19-20-8-7-9-21(14-20)35(40)46-5)34(39)38(24-12-10-23(37)11-13-24)32(36(41)47-6)31(25)22-15-29(43-2)33(45-4)30(16-22)44-3;/h7-18H,19,37H2,1-6H3;1H. The number of nitrogens with zero attached hydrogens (tertiary/aromatic N) is 1. The molecule has 5 rings (SSSR count). The van der Waals surface area contributed by atoms with E-state index in [4.69, 9.17) is 38.9 Å². The number of rotatable bonds is 11. The van der Waals surface area contributed by atoms with Crippen molar-refractivity contribution in [1.82, 2.24) is 4.57 Å². The van der Waals surface area contributed by atoms with Gasteiger partial charge in [0.2, 0.25) is 5.75 Å². The molecule has 0 amide bonds. The molecule has 2 N–H and O–H groups in total. The van der Waals surface area contributed by atoms with Crippen LogP contribution in [-0.4, -0.2) is 59.2 Å². The summed E-state index contributed by atoms with van der Waals surface area (Å²) < 4.78 is 40.0. The third kappa shape index (κ3) is 6.90. The SMILES string of the molecule is COC(=O)c1cccc(COc2cc3c(=O)n(-c4ccc(N)cc4)c(C(=O)OC)c(-c4cc(OC)c(OC)c(OC)c4)c3cc2OC)c1.Cl. The first-order valence-corrected chi connectivity index (χ1v) is 14.5. The number of methoxy groups -OCH3 is 6. The van der Waals surface area contributed by atoms with E-state index in [0.29, 0.717) is 56.3 Å². The lowest BCUT2D eigenvalue weighted by molar-refractivity contribution is 0.0586. The lowest BCUT2D eigenvalue weighted by Crippen LogP contribution is -2.27. The van der Waals surface area contributed by atoms with Crippen molar-refractivity contribution in [3.8, 4) is 45.6 Å². The van der Waals surface area contributed by atoms with E-state index in [0.717, 1.165) is 0 Å². The molecule has 0 saturated heterocycles. The van der Waals surface area contributed by atoms with Gasteiger partial charge >= 0.3 is 11.9 Å². The van der Waals surface area contributed by atoms with Crippen LogP contribution in [0.5, 0.6) is 28.7 Å². The highest BCUT2D eigenvalue weighted by atomic mass is 35.5. The Morgan fingerprint density at radius 3 is 1.88 bits per heavy atom. The number of pyridine rings is 1. The second kappa shape index (κ2) is 15.3. The molecule has 0 aliphatic carbocycles. The maximum Gasteiger partial charge on any atom is 0.355 e.